The van der Waals surface area contributed by atoms with E-state index in [1.165, 1.54) is 24.4 Å². The van der Waals surface area contributed by atoms with E-state index in [2.05, 4.69) is 14.3 Å². The Morgan fingerprint density at radius 2 is 2.00 bits per heavy atom. The maximum absolute atomic E-state index is 11.1. The summed E-state index contributed by atoms with van der Waals surface area (Å²) in [5.41, 5.74) is 0. The van der Waals surface area contributed by atoms with Crippen molar-refractivity contribution in [1.82, 2.24) is 9.36 Å². The van der Waals surface area contributed by atoms with Crippen molar-refractivity contribution in [2.45, 2.75) is 31.6 Å². The van der Waals surface area contributed by atoms with E-state index in [4.69, 9.17) is 0 Å². The Bertz CT molecular complexity index is 376. The molecular weight excluding hydrogens is 210 g/mol. The van der Waals surface area contributed by atoms with E-state index < -0.39 is 0 Å². The van der Waals surface area contributed by atoms with Crippen molar-refractivity contribution in [3.05, 3.63) is 5.82 Å². The summed E-state index contributed by atoms with van der Waals surface area (Å²) in [6, 6.07) is 0. The molecule has 1 aliphatic carbocycles. The molecule has 4 nitrogen and oxygen atoms in total. The number of anilines is 1. The van der Waals surface area contributed by atoms with Crippen molar-refractivity contribution < 1.29 is 4.79 Å². The first kappa shape index (κ1) is 9.27. The number of rotatable bonds is 2. The first-order chi connectivity index (χ1) is 7.33. The Morgan fingerprint density at radius 1 is 1.27 bits per heavy atom. The minimum atomic E-state index is 0.373. The quantitative estimate of drug-likeness (QED) is 0.763. The van der Waals surface area contributed by atoms with Crippen LogP contribution < -0.4 is 4.90 Å². The Balaban J connectivity index is 1.71. The van der Waals surface area contributed by atoms with Gasteiger partial charge in [0.2, 0.25) is 5.13 Å². The molecule has 0 N–H and O–H groups in total. The van der Waals surface area contributed by atoms with Crippen LogP contribution in [0.1, 0.15) is 37.4 Å². The highest BCUT2D eigenvalue weighted by atomic mass is 32.1. The third-order valence-corrected chi connectivity index (χ3v) is 3.76. The van der Waals surface area contributed by atoms with Crippen molar-refractivity contribution in [2.75, 3.05) is 18.0 Å². The molecule has 1 saturated heterocycles. The van der Waals surface area contributed by atoms with Gasteiger partial charge in [0.25, 0.3) is 0 Å². The summed E-state index contributed by atoms with van der Waals surface area (Å²) in [7, 11) is 0. The van der Waals surface area contributed by atoms with Crippen LogP contribution in [0.2, 0.25) is 0 Å². The predicted octanol–water partition coefficient (Wildman–Crippen LogP) is 1.58. The van der Waals surface area contributed by atoms with Gasteiger partial charge in [0.15, 0.2) is 0 Å². The lowest BCUT2D eigenvalue weighted by atomic mass is 10.1. The summed E-state index contributed by atoms with van der Waals surface area (Å²) in [5.74, 6) is 2.02. The van der Waals surface area contributed by atoms with Gasteiger partial charge >= 0.3 is 0 Å². The molecular formula is C10H13N3OS. The van der Waals surface area contributed by atoms with Gasteiger partial charge in [-0.1, -0.05) is 0 Å². The molecule has 1 saturated carbocycles. The van der Waals surface area contributed by atoms with E-state index in [-0.39, 0.29) is 0 Å². The minimum absolute atomic E-state index is 0.373. The van der Waals surface area contributed by atoms with E-state index >= 15 is 0 Å². The highest BCUT2D eigenvalue weighted by Crippen LogP contribution is 2.39. The van der Waals surface area contributed by atoms with E-state index in [1.54, 1.807) is 0 Å². The Kier molecular flexibility index (Phi) is 2.20. The molecule has 0 atom stereocenters. The SMILES string of the molecule is O=C1CCN(c2nc(C3CC3)ns2)CC1. The lowest BCUT2D eigenvalue weighted by Gasteiger charge is -2.24. The molecule has 0 unspecified atom stereocenters. The van der Waals surface area contributed by atoms with Crippen LogP contribution in [0.5, 0.6) is 0 Å². The molecule has 15 heavy (non-hydrogen) atoms. The zero-order chi connectivity index (χ0) is 10.3. The molecule has 3 rings (SSSR count). The molecule has 2 aliphatic rings. The summed E-state index contributed by atoms with van der Waals surface area (Å²) >= 11 is 1.48. The third-order valence-electron chi connectivity index (χ3n) is 2.97. The van der Waals surface area contributed by atoms with Gasteiger partial charge in [-0.15, -0.1) is 0 Å². The molecule has 5 heteroatoms. The largest absolute Gasteiger partial charge is 0.346 e. The van der Waals surface area contributed by atoms with Crippen molar-refractivity contribution in [3.63, 3.8) is 0 Å². The predicted molar refractivity (Wildman–Crippen MR) is 58.3 cm³/mol. The molecule has 80 valence electrons. The summed E-state index contributed by atoms with van der Waals surface area (Å²) in [4.78, 5) is 17.8. The molecule has 2 heterocycles. The first-order valence-corrected chi connectivity index (χ1v) is 6.20. The molecule has 2 fully saturated rings. The smallest absolute Gasteiger partial charge is 0.205 e. The molecule has 1 aromatic heterocycles. The first-order valence-electron chi connectivity index (χ1n) is 5.43. The van der Waals surface area contributed by atoms with Crippen molar-refractivity contribution in [1.29, 1.82) is 0 Å². The van der Waals surface area contributed by atoms with Gasteiger partial charge < -0.3 is 4.90 Å². The number of carbonyl (C=O) groups is 1. The Morgan fingerprint density at radius 3 is 2.67 bits per heavy atom. The van der Waals surface area contributed by atoms with Crippen LogP contribution in [-0.4, -0.2) is 28.2 Å². The van der Waals surface area contributed by atoms with Crippen molar-refractivity contribution in [3.8, 4) is 0 Å². The van der Waals surface area contributed by atoms with E-state index in [0.717, 1.165) is 24.0 Å². The minimum Gasteiger partial charge on any atom is -0.346 e. The number of carbonyl (C=O) groups excluding carboxylic acids is 1. The molecule has 0 aromatic carbocycles. The molecule has 0 bridgehead atoms. The fourth-order valence-electron chi connectivity index (χ4n) is 1.81. The Hall–Kier alpha value is -0.970. The second-order valence-electron chi connectivity index (χ2n) is 4.24. The fourth-order valence-corrected chi connectivity index (χ4v) is 2.61. The molecule has 0 amide bonds. The number of hydrogen-bond acceptors (Lipinski definition) is 5. The van der Waals surface area contributed by atoms with Crippen LogP contribution in [0, 0.1) is 0 Å². The summed E-state index contributed by atoms with van der Waals surface area (Å²) in [5, 5.41) is 1.00. The third kappa shape index (κ3) is 1.88. The van der Waals surface area contributed by atoms with Gasteiger partial charge in [-0.3, -0.25) is 4.79 Å². The standard InChI is InChI=1S/C10H13N3OS/c14-8-3-5-13(6-4-8)10-11-9(12-15-10)7-1-2-7/h7H,1-6H2. The topological polar surface area (TPSA) is 46.1 Å². The van der Waals surface area contributed by atoms with Gasteiger partial charge in [-0.2, -0.15) is 4.37 Å². The monoisotopic (exact) mass is 223 g/mol. The lowest BCUT2D eigenvalue weighted by molar-refractivity contribution is -0.119. The fraction of sp³-hybridized carbons (Fsp3) is 0.700. The van der Waals surface area contributed by atoms with E-state index in [9.17, 15) is 4.79 Å². The van der Waals surface area contributed by atoms with Crippen LogP contribution in [0.3, 0.4) is 0 Å². The van der Waals surface area contributed by atoms with Gasteiger partial charge in [-0.25, -0.2) is 4.98 Å². The van der Waals surface area contributed by atoms with Gasteiger partial charge in [0.1, 0.15) is 11.6 Å². The molecule has 1 aliphatic heterocycles. The maximum Gasteiger partial charge on any atom is 0.205 e. The highest BCUT2D eigenvalue weighted by molar-refractivity contribution is 7.09. The number of hydrogen-bond donors (Lipinski definition) is 0. The number of nitrogens with zero attached hydrogens (tertiary/aromatic N) is 3. The van der Waals surface area contributed by atoms with E-state index in [1.807, 2.05) is 0 Å². The van der Waals surface area contributed by atoms with Crippen LogP contribution >= 0.6 is 11.5 Å². The summed E-state index contributed by atoms with van der Waals surface area (Å²) in [6.45, 7) is 1.64. The van der Waals surface area contributed by atoms with E-state index in [0.29, 0.717) is 24.5 Å². The van der Waals surface area contributed by atoms with Crippen LogP contribution in [0.4, 0.5) is 5.13 Å². The molecule has 1 aromatic rings. The number of ketones is 1. The number of piperidine rings is 1. The second-order valence-corrected chi connectivity index (χ2v) is 4.97. The van der Waals surface area contributed by atoms with Crippen molar-refractivity contribution >= 4 is 22.4 Å². The summed E-state index contributed by atoms with van der Waals surface area (Å²) < 4.78 is 4.38. The summed E-state index contributed by atoms with van der Waals surface area (Å²) in [6.07, 6.45) is 3.82. The zero-order valence-corrected chi connectivity index (χ0v) is 9.29. The number of Topliss-reactive ketones (excluding diaryl/α,β-unsaturated/α-hetero) is 1. The number of aromatic nitrogens is 2. The lowest BCUT2D eigenvalue weighted by Crippen LogP contribution is -2.33. The normalized spacial score (nSPS) is 22.1. The van der Waals surface area contributed by atoms with Crippen LogP contribution in [0.15, 0.2) is 0 Å². The average Bonchev–Trinajstić information content (AvgIpc) is 2.99. The van der Waals surface area contributed by atoms with Gasteiger partial charge in [-0.05, 0) is 12.8 Å². The van der Waals surface area contributed by atoms with Crippen molar-refractivity contribution in [2.24, 2.45) is 0 Å². The van der Waals surface area contributed by atoms with Gasteiger partial charge in [0.05, 0.1) is 0 Å². The zero-order valence-electron chi connectivity index (χ0n) is 8.48. The average molecular weight is 223 g/mol. The highest BCUT2D eigenvalue weighted by Gasteiger charge is 2.29. The second kappa shape index (κ2) is 3.56. The maximum atomic E-state index is 11.1. The Labute approximate surface area is 92.5 Å². The van der Waals surface area contributed by atoms with Gasteiger partial charge in [0, 0.05) is 43.4 Å². The van der Waals surface area contributed by atoms with Crippen LogP contribution in [-0.2, 0) is 4.79 Å². The molecule has 0 spiro atoms. The molecule has 0 radical (unpaired) electrons. The van der Waals surface area contributed by atoms with Crippen LogP contribution in [0.25, 0.3) is 0 Å².